The monoisotopic (exact) mass is 541 g/mol. The predicted molar refractivity (Wildman–Crippen MR) is 141 cm³/mol. The summed E-state index contributed by atoms with van der Waals surface area (Å²) >= 11 is 6.19. The first-order valence-corrected chi connectivity index (χ1v) is 13.7. The van der Waals surface area contributed by atoms with Gasteiger partial charge in [0.25, 0.3) is 10.0 Å². The number of rotatable bonds is 8. The van der Waals surface area contributed by atoms with Crippen LogP contribution in [0.15, 0.2) is 65.8 Å². The molecule has 4 aromatic rings. The first-order chi connectivity index (χ1) is 17.9. The molecule has 0 amide bonds. The lowest BCUT2D eigenvalue weighted by Crippen LogP contribution is -2.36. The van der Waals surface area contributed by atoms with Gasteiger partial charge in [-0.3, -0.25) is 14.6 Å². The van der Waals surface area contributed by atoms with Crippen molar-refractivity contribution < 1.29 is 17.5 Å². The molecule has 1 fully saturated rings. The third kappa shape index (κ3) is 6.22. The number of aromatic nitrogens is 3. The summed E-state index contributed by atoms with van der Waals surface area (Å²) in [4.78, 5) is 15.8. The number of sulfonamides is 1. The predicted octanol–water partition coefficient (Wildman–Crippen LogP) is 4.55. The van der Waals surface area contributed by atoms with E-state index >= 15 is 0 Å². The fourth-order valence-corrected chi connectivity index (χ4v) is 5.42. The largest absolute Gasteiger partial charge is 0.379 e. The highest BCUT2D eigenvalue weighted by Crippen LogP contribution is 2.30. The van der Waals surface area contributed by atoms with Gasteiger partial charge in [-0.05, 0) is 67.4 Å². The Bertz CT molecular complexity index is 1510. The summed E-state index contributed by atoms with van der Waals surface area (Å²) < 4.78 is 46.6. The lowest BCUT2D eigenvalue weighted by atomic mass is 10.1. The number of fused-ring (bicyclic) bond motifs is 1. The molecule has 0 bridgehead atoms. The Morgan fingerprint density at radius 2 is 1.76 bits per heavy atom. The first kappa shape index (κ1) is 25.5. The van der Waals surface area contributed by atoms with Gasteiger partial charge in [0.15, 0.2) is 5.15 Å². The highest BCUT2D eigenvalue weighted by molar-refractivity contribution is 7.92. The summed E-state index contributed by atoms with van der Waals surface area (Å²) in [5, 5.41) is -0.00225. The molecule has 192 valence electrons. The summed E-state index contributed by atoms with van der Waals surface area (Å²) in [7, 11) is -3.98. The SMILES string of the molecule is O=S(=O)(Nc1cc(-c2ccc3ncc(CCCN4CCOCC4)nc3c2)cnc1Cl)c1ccc(F)cc1. The van der Waals surface area contributed by atoms with E-state index in [9.17, 15) is 12.8 Å². The zero-order chi connectivity index (χ0) is 25.8. The molecule has 8 nitrogen and oxygen atoms in total. The number of hydrogen-bond acceptors (Lipinski definition) is 7. The van der Waals surface area contributed by atoms with Gasteiger partial charge < -0.3 is 4.74 Å². The third-order valence-corrected chi connectivity index (χ3v) is 7.83. The second kappa shape index (κ2) is 11.1. The fourth-order valence-electron chi connectivity index (χ4n) is 4.15. The van der Waals surface area contributed by atoms with Gasteiger partial charge in [0.2, 0.25) is 0 Å². The van der Waals surface area contributed by atoms with Crippen LogP contribution in [0.2, 0.25) is 5.15 Å². The van der Waals surface area contributed by atoms with Gasteiger partial charge in [-0.25, -0.2) is 22.8 Å². The number of benzene rings is 2. The zero-order valence-corrected chi connectivity index (χ0v) is 21.5. The van der Waals surface area contributed by atoms with Crippen molar-refractivity contribution in [2.75, 3.05) is 37.6 Å². The topological polar surface area (TPSA) is 97.3 Å². The molecular weight excluding hydrogens is 517 g/mol. The van der Waals surface area contributed by atoms with Crippen LogP contribution in [0.25, 0.3) is 22.2 Å². The minimum atomic E-state index is -3.98. The molecule has 11 heteroatoms. The Kier molecular flexibility index (Phi) is 7.61. The average Bonchev–Trinajstić information content (AvgIpc) is 2.90. The number of anilines is 1. The van der Waals surface area contributed by atoms with E-state index in [0.717, 1.165) is 80.1 Å². The summed E-state index contributed by atoms with van der Waals surface area (Å²) in [6.07, 6.45) is 5.19. The van der Waals surface area contributed by atoms with E-state index in [1.165, 1.54) is 12.1 Å². The van der Waals surface area contributed by atoms with Crippen molar-refractivity contribution in [1.29, 1.82) is 0 Å². The van der Waals surface area contributed by atoms with Crippen LogP contribution < -0.4 is 4.72 Å². The summed E-state index contributed by atoms with van der Waals surface area (Å²) in [5.41, 5.74) is 3.98. The number of ether oxygens (including phenoxy) is 1. The number of halogens is 2. The Balaban J connectivity index is 1.35. The molecule has 0 saturated carbocycles. The van der Waals surface area contributed by atoms with E-state index in [0.29, 0.717) is 5.56 Å². The zero-order valence-electron chi connectivity index (χ0n) is 19.9. The molecule has 37 heavy (non-hydrogen) atoms. The quantitative estimate of drug-likeness (QED) is 0.327. The van der Waals surface area contributed by atoms with Crippen LogP contribution in [-0.2, 0) is 21.2 Å². The highest BCUT2D eigenvalue weighted by Gasteiger charge is 2.17. The standard InChI is InChI=1S/C26H25ClFN5O3S/c27-26-25(32-37(34,35)22-6-4-20(28)5-7-22)15-19(16-30-26)18-3-8-23-24(14-18)31-21(17-29-23)2-1-9-33-10-12-36-13-11-33/h3-8,14-17,32H,1-2,9-13H2. The Morgan fingerprint density at radius 1 is 0.973 bits per heavy atom. The van der Waals surface area contributed by atoms with E-state index in [4.69, 9.17) is 21.3 Å². The minimum absolute atomic E-state index is 0.00225. The first-order valence-electron chi connectivity index (χ1n) is 11.9. The molecule has 3 heterocycles. The normalized spacial score (nSPS) is 14.6. The molecular formula is C26H25ClFN5O3S. The maximum Gasteiger partial charge on any atom is 0.261 e. The minimum Gasteiger partial charge on any atom is -0.379 e. The lowest BCUT2D eigenvalue weighted by Gasteiger charge is -2.26. The third-order valence-electron chi connectivity index (χ3n) is 6.14. The van der Waals surface area contributed by atoms with Crippen molar-refractivity contribution in [3.05, 3.63) is 77.6 Å². The van der Waals surface area contributed by atoms with Crippen LogP contribution in [0.1, 0.15) is 12.1 Å². The van der Waals surface area contributed by atoms with Crippen LogP contribution in [0.3, 0.4) is 0 Å². The van der Waals surface area contributed by atoms with Crippen molar-refractivity contribution in [1.82, 2.24) is 19.9 Å². The van der Waals surface area contributed by atoms with Gasteiger partial charge in [0.1, 0.15) is 5.82 Å². The lowest BCUT2D eigenvalue weighted by molar-refractivity contribution is 0.0374. The van der Waals surface area contributed by atoms with E-state index in [-0.39, 0.29) is 15.7 Å². The molecule has 5 rings (SSSR count). The molecule has 0 spiro atoms. The van der Waals surface area contributed by atoms with Crippen molar-refractivity contribution in [2.24, 2.45) is 0 Å². The molecule has 0 radical (unpaired) electrons. The number of hydrogen-bond donors (Lipinski definition) is 1. The summed E-state index contributed by atoms with van der Waals surface area (Å²) in [5.74, 6) is -0.527. The van der Waals surface area contributed by atoms with Crippen molar-refractivity contribution >= 4 is 38.3 Å². The van der Waals surface area contributed by atoms with Crippen molar-refractivity contribution in [3.8, 4) is 11.1 Å². The second-order valence-electron chi connectivity index (χ2n) is 8.74. The molecule has 0 aliphatic carbocycles. The van der Waals surface area contributed by atoms with E-state index in [1.807, 2.05) is 24.4 Å². The second-order valence-corrected chi connectivity index (χ2v) is 10.8. The van der Waals surface area contributed by atoms with Crippen LogP contribution >= 0.6 is 11.6 Å². The summed E-state index contributed by atoms with van der Waals surface area (Å²) in [6.45, 7) is 4.49. The van der Waals surface area contributed by atoms with Crippen LogP contribution in [-0.4, -0.2) is 61.1 Å². The molecule has 0 atom stereocenters. The van der Waals surface area contributed by atoms with Gasteiger partial charge in [0.05, 0.1) is 40.5 Å². The molecule has 2 aromatic heterocycles. The van der Waals surface area contributed by atoms with Crippen molar-refractivity contribution in [2.45, 2.75) is 17.7 Å². The van der Waals surface area contributed by atoms with E-state index < -0.39 is 15.8 Å². The van der Waals surface area contributed by atoms with Gasteiger partial charge in [-0.2, -0.15) is 0 Å². The van der Waals surface area contributed by atoms with Crippen molar-refractivity contribution in [3.63, 3.8) is 0 Å². The van der Waals surface area contributed by atoms with Gasteiger partial charge in [-0.1, -0.05) is 17.7 Å². The number of nitrogens with one attached hydrogen (secondary N) is 1. The fraction of sp³-hybridized carbons (Fsp3) is 0.269. The molecule has 2 aromatic carbocycles. The molecule has 1 aliphatic rings. The van der Waals surface area contributed by atoms with Crippen LogP contribution in [0.4, 0.5) is 10.1 Å². The Labute approximate surface area is 219 Å². The maximum absolute atomic E-state index is 13.2. The van der Waals surface area contributed by atoms with Gasteiger partial charge >= 0.3 is 0 Å². The van der Waals surface area contributed by atoms with E-state index in [2.05, 4.69) is 19.6 Å². The summed E-state index contributed by atoms with van der Waals surface area (Å²) in [6, 6.07) is 11.8. The number of morpholine rings is 1. The molecule has 0 unspecified atom stereocenters. The smallest absolute Gasteiger partial charge is 0.261 e. The van der Waals surface area contributed by atoms with Gasteiger partial charge in [-0.15, -0.1) is 0 Å². The molecule has 1 saturated heterocycles. The number of aryl methyl sites for hydroxylation is 1. The number of nitrogens with zero attached hydrogens (tertiary/aromatic N) is 4. The average molecular weight is 542 g/mol. The number of pyridine rings is 1. The van der Waals surface area contributed by atoms with E-state index in [1.54, 1.807) is 12.3 Å². The molecule has 1 N–H and O–H groups in total. The molecule has 1 aliphatic heterocycles. The Hall–Kier alpha value is -3.18. The highest BCUT2D eigenvalue weighted by atomic mass is 35.5. The van der Waals surface area contributed by atoms with Crippen LogP contribution in [0.5, 0.6) is 0 Å². The van der Waals surface area contributed by atoms with Crippen LogP contribution in [0, 0.1) is 5.82 Å². The van der Waals surface area contributed by atoms with Gasteiger partial charge in [0, 0.05) is 31.0 Å². The maximum atomic E-state index is 13.2. The Morgan fingerprint density at radius 3 is 2.54 bits per heavy atom.